The van der Waals surface area contributed by atoms with Crippen molar-refractivity contribution in [3.8, 4) is 0 Å². The molecule has 0 N–H and O–H groups in total. The molecule has 0 atom stereocenters. The zero-order valence-electron chi connectivity index (χ0n) is 8.01. The van der Waals surface area contributed by atoms with E-state index >= 15 is 0 Å². The van der Waals surface area contributed by atoms with Crippen molar-refractivity contribution in [3.63, 3.8) is 0 Å². The van der Waals surface area contributed by atoms with E-state index in [1.54, 1.807) is 11.3 Å². The Hall–Kier alpha value is -0.0500. The summed E-state index contributed by atoms with van der Waals surface area (Å²) in [5, 5.41) is 2.88. The average molecular weight is 216 g/mol. The Labute approximate surface area is 88.3 Å². The van der Waals surface area contributed by atoms with Crippen LogP contribution in [0.15, 0.2) is 11.4 Å². The van der Waals surface area contributed by atoms with Gasteiger partial charge in [0.1, 0.15) is 0 Å². The molecule has 0 aliphatic carbocycles. The van der Waals surface area contributed by atoms with Crippen molar-refractivity contribution in [2.75, 3.05) is 6.54 Å². The van der Waals surface area contributed by atoms with Crippen LogP contribution in [0.2, 0.25) is 5.02 Å². The van der Waals surface area contributed by atoms with E-state index in [-0.39, 0.29) is 0 Å². The van der Waals surface area contributed by atoms with Gasteiger partial charge >= 0.3 is 0 Å². The molecule has 0 unspecified atom stereocenters. The summed E-state index contributed by atoms with van der Waals surface area (Å²) >= 11 is 7.62. The summed E-state index contributed by atoms with van der Waals surface area (Å²) < 4.78 is 0. The van der Waals surface area contributed by atoms with Crippen LogP contribution in [0.1, 0.15) is 25.1 Å². The molecule has 72 valence electrons. The van der Waals surface area contributed by atoms with Gasteiger partial charge in [0.15, 0.2) is 0 Å². The molecular weight excluding hydrogens is 202 g/mol. The molecule has 0 bridgehead atoms. The number of hydrogen-bond donors (Lipinski definition) is 0. The second-order valence-corrected chi connectivity index (χ2v) is 5.65. The largest absolute Gasteiger partial charge is 0.293 e. The Morgan fingerprint density at radius 2 is 2.38 bits per heavy atom. The lowest BCUT2D eigenvalue weighted by atomic mass is 9.89. The SMILES string of the molecule is CC1(C)CCN1Cc1cc(Cl)cs1. The number of likely N-dealkylation sites (tertiary alicyclic amines) is 1. The lowest BCUT2D eigenvalue weighted by molar-refractivity contribution is 0.00888. The molecule has 1 aromatic rings. The van der Waals surface area contributed by atoms with Gasteiger partial charge in [0.2, 0.25) is 0 Å². The first-order valence-electron chi connectivity index (χ1n) is 4.56. The molecule has 1 fully saturated rings. The van der Waals surface area contributed by atoms with Crippen molar-refractivity contribution in [2.45, 2.75) is 32.4 Å². The van der Waals surface area contributed by atoms with Gasteiger partial charge in [-0.25, -0.2) is 0 Å². The Morgan fingerprint density at radius 3 is 2.77 bits per heavy atom. The van der Waals surface area contributed by atoms with E-state index in [0.717, 1.165) is 11.6 Å². The smallest absolute Gasteiger partial charge is 0.0516 e. The van der Waals surface area contributed by atoms with Gasteiger partial charge in [0.05, 0.1) is 5.02 Å². The Bertz CT molecular complexity index is 306. The van der Waals surface area contributed by atoms with E-state index in [9.17, 15) is 0 Å². The number of rotatable bonds is 2. The molecule has 2 heterocycles. The van der Waals surface area contributed by atoms with E-state index in [4.69, 9.17) is 11.6 Å². The third kappa shape index (κ3) is 1.90. The molecule has 1 nitrogen and oxygen atoms in total. The molecule has 0 saturated carbocycles. The fourth-order valence-corrected chi connectivity index (χ4v) is 2.72. The first-order valence-corrected chi connectivity index (χ1v) is 5.82. The fourth-order valence-electron chi connectivity index (χ4n) is 1.64. The van der Waals surface area contributed by atoms with Crippen LogP contribution in [0.3, 0.4) is 0 Å². The summed E-state index contributed by atoms with van der Waals surface area (Å²) in [5.74, 6) is 0. The van der Waals surface area contributed by atoms with Crippen molar-refractivity contribution < 1.29 is 0 Å². The molecule has 2 rings (SSSR count). The molecule has 1 aliphatic heterocycles. The summed E-state index contributed by atoms with van der Waals surface area (Å²) in [6, 6.07) is 2.07. The van der Waals surface area contributed by atoms with Crippen molar-refractivity contribution in [3.05, 3.63) is 21.3 Å². The number of hydrogen-bond acceptors (Lipinski definition) is 2. The molecule has 1 saturated heterocycles. The van der Waals surface area contributed by atoms with Crippen LogP contribution in [0.4, 0.5) is 0 Å². The van der Waals surface area contributed by atoms with E-state index in [0.29, 0.717) is 5.54 Å². The van der Waals surface area contributed by atoms with E-state index in [1.165, 1.54) is 17.8 Å². The van der Waals surface area contributed by atoms with Gasteiger partial charge in [0, 0.05) is 28.9 Å². The van der Waals surface area contributed by atoms with Gasteiger partial charge in [-0.05, 0) is 26.3 Å². The predicted molar refractivity (Wildman–Crippen MR) is 58.4 cm³/mol. The van der Waals surface area contributed by atoms with Crippen LogP contribution in [0, 0.1) is 0 Å². The minimum atomic E-state index is 0.399. The van der Waals surface area contributed by atoms with Gasteiger partial charge in [-0.3, -0.25) is 4.90 Å². The van der Waals surface area contributed by atoms with Crippen LogP contribution in [-0.2, 0) is 6.54 Å². The molecule has 1 aromatic heterocycles. The number of thiophene rings is 1. The zero-order valence-corrected chi connectivity index (χ0v) is 9.58. The zero-order chi connectivity index (χ0) is 9.47. The molecule has 0 radical (unpaired) electrons. The highest BCUT2D eigenvalue weighted by molar-refractivity contribution is 7.10. The predicted octanol–water partition coefficient (Wildman–Crippen LogP) is 3.39. The van der Waals surface area contributed by atoms with E-state index in [2.05, 4.69) is 24.8 Å². The molecular formula is C10H14ClNS. The summed E-state index contributed by atoms with van der Waals surface area (Å²) in [5.41, 5.74) is 0.399. The maximum absolute atomic E-state index is 5.87. The molecule has 13 heavy (non-hydrogen) atoms. The first kappa shape index (κ1) is 9.50. The van der Waals surface area contributed by atoms with Gasteiger partial charge < -0.3 is 0 Å². The second-order valence-electron chi connectivity index (χ2n) is 4.22. The fraction of sp³-hybridized carbons (Fsp3) is 0.600. The highest BCUT2D eigenvalue weighted by atomic mass is 35.5. The quantitative estimate of drug-likeness (QED) is 0.731. The maximum Gasteiger partial charge on any atom is 0.0516 e. The van der Waals surface area contributed by atoms with Crippen LogP contribution < -0.4 is 0 Å². The summed E-state index contributed by atoms with van der Waals surface area (Å²) in [7, 11) is 0. The monoisotopic (exact) mass is 215 g/mol. The standard InChI is InChI=1S/C10H14ClNS/c1-10(2)3-4-12(10)6-9-5-8(11)7-13-9/h5,7H,3-4,6H2,1-2H3. The van der Waals surface area contributed by atoms with Crippen molar-refractivity contribution in [1.82, 2.24) is 4.90 Å². The van der Waals surface area contributed by atoms with Gasteiger partial charge in [-0.15, -0.1) is 11.3 Å². The maximum atomic E-state index is 5.87. The number of halogens is 1. The van der Waals surface area contributed by atoms with Gasteiger partial charge in [-0.2, -0.15) is 0 Å². The molecule has 0 aromatic carbocycles. The highest BCUT2D eigenvalue weighted by Crippen LogP contribution is 2.32. The lowest BCUT2D eigenvalue weighted by Gasteiger charge is -2.48. The normalized spacial score (nSPS) is 21.5. The van der Waals surface area contributed by atoms with E-state index in [1.807, 2.05) is 5.38 Å². The van der Waals surface area contributed by atoms with Crippen molar-refractivity contribution in [2.24, 2.45) is 0 Å². The molecule has 0 spiro atoms. The Balaban J connectivity index is 1.99. The Morgan fingerprint density at radius 1 is 1.62 bits per heavy atom. The van der Waals surface area contributed by atoms with Gasteiger partial charge in [-0.1, -0.05) is 11.6 Å². The minimum Gasteiger partial charge on any atom is -0.293 e. The number of nitrogens with zero attached hydrogens (tertiary/aromatic N) is 1. The van der Waals surface area contributed by atoms with Crippen LogP contribution in [0.25, 0.3) is 0 Å². The average Bonchev–Trinajstić information content (AvgIpc) is 2.46. The van der Waals surface area contributed by atoms with E-state index < -0.39 is 0 Å². The second kappa shape index (κ2) is 3.26. The third-order valence-electron chi connectivity index (χ3n) is 2.82. The van der Waals surface area contributed by atoms with Crippen LogP contribution in [0.5, 0.6) is 0 Å². The molecule has 1 aliphatic rings. The topological polar surface area (TPSA) is 3.24 Å². The first-order chi connectivity index (χ1) is 6.08. The van der Waals surface area contributed by atoms with Crippen LogP contribution >= 0.6 is 22.9 Å². The highest BCUT2D eigenvalue weighted by Gasteiger charge is 2.35. The van der Waals surface area contributed by atoms with Crippen LogP contribution in [-0.4, -0.2) is 17.0 Å². The lowest BCUT2D eigenvalue weighted by Crippen LogP contribution is -2.54. The van der Waals surface area contributed by atoms with Crippen molar-refractivity contribution in [1.29, 1.82) is 0 Å². The minimum absolute atomic E-state index is 0.399. The van der Waals surface area contributed by atoms with Gasteiger partial charge in [0.25, 0.3) is 0 Å². The Kier molecular flexibility index (Phi) is 2.39. The summed E-state index contributed by atoms with van der Waals surface area (Å²) in [6.45, 7) is 6.88. The molecule has 3 heteroatoms. The third-order valence-corrected chi connectivity index (χ3v) is 4.09. The summed E-state index contributed by atoms with van der Waals surface area (Å²) in [4.78, 5) is 3.87. The summed E-state index contributed by atoms with van der Waals surface area (Å²) in [6.07, 6.45) is 1.31. The van der Waals surface area contributed by atoms with Crippen molar-refractivity contribution >= 4 is 22.9 Å². The molecule has 0 amide bonds.